The number of carbonyl (C=O) groups excluding carboxylic acids is 1. The van der Waals surface area contributed by atoms with Crippen molar-refractivity contribution in [1.82, 2.24) is 5.32 Å². The lowest BCUT2D eigenvalue weighted by atomic mass is 10.1. The minimum atomic E-state index is -4.46. The van der Waals surface area contributed by atoms with Gasteiger partial charge < -0.3 is 10.1 Å². The predicted octanol–water partition coefficient (Wildman–Crippen LogP) is 3.98. The normalized spacial score (nSPS) is 10.5. The number of hydrogen-bond donors (Lipinski definition) is 1. The molecule has 0 saturated heterocycles. The minimum absolute atomic E-state index is 0.108. The van der Waals surface area contributed by atoms with Gasteiger partial charge in [0.1, 0.15) is 6.61 Å². The maximum absolute atomic E-state index is 12.8. The first kappa shape index (κ1) is 17.4. The Kier molecular flexibility index (Phi) is 5.85. The summed E-state index contributed by atoms with van der Waals surface area (Å²) in [7, 11) is 0. The molecular formula is C18H14F3NO2. The molecule has 0 aliphatic carbocycles. The van der Waals surface area contributed by atoms with Gasteiger partial charge in [-0.15, -0.1) is 0 Å². The summed E-state index contributed by atoms with van der Waals surface area (Å²) in [6.45, 7) is -0.00315. The summed E-state index contributed by atoms with van der Waals surface area (Å²) < 4.78 is 43.3. The summed E-state index contributed by atoms with van der Waals surface area (Å²) in [6, 6.07) is 14.1. The van der Waals surface area contributed by atoms with Crippen LogP contribution < -0.4 is 5.32 Å². The Morgan fingerprint density at radius 1 is 1.04 bits per heavy atom. The van der Waals surface area contributed by atoms with Crippen LogP contribution in [0.3, 0.4) is 0 Å². The minimum Gasteiger partial charge on any atom is -0.445 e. The van der Waals surface area contributed by atoms with E-state index < -0.39 is 17.8 Å². The zero-order chi connectivity index (χ0) is 17.4. The van der Waals surface area contributed by atoms with E-state index in [0.717, 1.165) is 11.6 Å². The fourth-order valence-electron chi connectivity index (χ4n) is 1.87. The van der Waals surface area contributed by atoms with Gasteiger partial charge in [-0.1, -0.05) is 54.3 Å². The smallest absolute Gasteiger partial charge is 0.417 e. The second kappa shape index (κ2) is 8.06. The Balaban J connectivity index is 1.85. The van der Waals surface area contributed by atoms with Crippen molar-refractivity contribution in [3.8, 4) is 11.8 Å². The monoisotopic (exact) mass is 333 g/mol. The van der Waals surface area contributed by atoms with Crippen LogP contribution in [0.25, 0.3) is 0 Å². The number of rotatable bonds is 3. The molecule has 0 aliphatic rings. The van der Waals surface area contributed by atoms with Crippen LogP contribution in [-0.2, 0) is 17.5 Å². The molecule has 2 rings (SSSR count). The van der Waals surface area contributed by atoms with E-state index in [1.165, 1.54) is 18.2 Å². The summed E-state index contributed by atoms with van der Waals surface area (Å²) in [5, 5.41) is 2.37. The van der Waals surface area contributed by atoms with Gasteiger partial charge in [-0.25, -0.2) is 4.79 Å². The summed E-state index contributed by atoms with van der Waals surface area (Å²) >= 11 is 0. The maximum Gasteiger partial charge on any atom is 0.417 e. The van der Waals surface area contributed by atoms with Crippen molar-refractivity contribution >= 4 is 6.09 Å². The molecule has 0 heterocycles. The average Bonchev–Trinajstić information content (AvgIpc) is 2.57. The van der Waals surface area contributed by atoms with Crippen LogP contribution in [0.4, 0.5) is 18.0 Å². The third kappa shape index (κ3) is 5.36. The lowest BCUT2D eigenvalue weighted by Crippen LogP contribution is -2.24. The van der Waals surface area contributed by atoms with Crippen LogP contribution in [0.5, 0.6) is 0 Å². The highest BCUT2D eigenvalue weighted by Crippen LogP contribution is 2.31. The van der Waals surface area contributed by atoms with Gasteiger partial charge in [-0.05, 0) is 17.7 Å². The van der Waals surface area contributed by atoms with Gasteiger partial charge in [0, 0.05) is 5.56 Å². The zero-order valence-corrected chi connectivity index (χ0v) is 12.6. The molecule has 0 radical (unpaired) electrons. The van der Waals surface area contributed by atoms with Crippen molar-refractivity contribution in [1.29, 1.82) is 0 Å². The molecule has 24 heavy (non-hydrogen) atoms. The average molecular weight is 333 g/mol. The van der Waals surface area contributed by atoms with Crippen molar-refractivity contribution in [3.63, 3.8) is 0 Å². The molecule has 0 atom stereocenters. The van der Waals surface area contributed by atoms with Crippen LogP contribution in [-0.4, -0.2) is 12.6 Å². The van der Waals surface area contributed by atoms with Crippen LogP contribution in [0.15, 0.2) is 54.6 Å². The van der Waals surface area contributed by atoms with Crippen LogP contribution in [0, 0.1) is 11.8 Å². The molecule has 0 unspecified atom stereocenters. The zero-order valence-electron chi connectivity index (χ0n) is 12.6. The highest BCUT2D eigenvalue weighted by atomic mass is 19.4. The molecule has 0 aliphatic heterocycles. The predicted molar refractivity (Wildman–Crippen MR) is 83.0 cm³/mol. The molecule has 0 saturated carbocycles. The van der Waals surface area contributed by atoms with Crippen LogP contribution >= 0.6 is 0 Å². The lowest BCUT2D eigenvalue weighted by Gasteiger charge is -2.08. The number of amides is 1. The first-order valence-electron chi connectivity index (χ1n) is 7.06. The Labute approximate surface area is 137 Å². The second-order valence-corrected chi connectivity index (χ2v) is 4.76. The van der Waals surface area contributed by atoms with Gasteiger partial charge in [-0.2, -0.15) is 13.2 Å². The molecule has 0 aromatic heterocycles. The van der Waals surface area contributed by atoms with Gasteiger partial charge >= 0.3 is 12.3 Å². The van der Waals surface area contributed by atoms with E-state index in [1.807, 2.05) is 18.2 Å². The fourth-order valence-corrected chi connectivity index (χ4v) is 1.87. The third-order valence-corrected chi connectivity index (χ3v) is 2.99. The lowest BCUT2D eigenvalue weighted by molar-refractivity contribution is -0.137. The molecule has 2 aromatic rings. The Bertz CT molecular complexity index is 746. The number of carbonyl (C=O) groups is 1. The molecule has 0 fully saturated rings. The van der Waals surface area contributed by atoms with E-state index in [1.54, 1.807) is 12.1 Å². The van der Waals surface area contributed by atoms with Gasteiger partial charge in [0.25, 0.3) is 0 Å². The van der Waals surface area contributed by atoms with Crippen molar-refractivity contribution in [3.05, 3.63) is 71.3 Å². The largest absolute Gasteiger partial charge is 0.445 e. The number of alkyl halides is 3. The quantitative estimate of drug-likeness (QED) is 0.863. The van der Waals surface area contributed by atoms with Crippen LogP contribution in [0.1, 0.15) is 16.7 Å². The van der Waals surface area contributed by atoms with E-state index in [0.29, 0.717) is 0 Å². The van der Waals surface area contributed by atoms with E-state index in [-0.39, 0.29) is 18.7 Å². The highest BCUT2D eigenvalue weighted by molar-refractivity contribution is 5.67. The highest BCUT2D eigenvalue weighted by Gasteiger charge is 2.32. The van der Waals surface area contributed by atoms with E-state index in [2.05, 4.69) is 17.2 Å². The Hall–Kier alpha value is -2.94. The molecule has 0 spiro atoms. The standard InChI is InChI=1S/C18H14F3NO2/c19-18(20,21)16-11-5-4-9-15(16)10-6-12-22-17(23)24-13-14-7-2-1-3-8-14/h1-5,7-9,11H,12-13H2,(H,22,23). The van der Waals surface area contributed by atoms with Gasteiger partial charge in [0.05, 0.1) is 12.1 Å². The summed E-state index contributed by atoms with van der Waals surface area (Å²) in [5.41, 5.74) is -0.105. The van der Waals surface area contributed by atoms with Gasteiger partial charge in [0.15, 0.2) is 0 Å². The number of nitrogens with one attached hydrogen (secondary N) is 1. The summed E-state index contributed by atoms with van der Waals surface area (Å²) in [4.78, 5) is 11.5. The van der Waals surface area contributed by atoms with Crippen molar-refractivity contribution in [2.45, 2.75) is 12.8 Å². The van der Waals surface area contributed by atoms with Crippen molar-refractivity contribution in [2.24, 2.45) is 0 Å². The molecule has 1 amide bonds. The van der Waals surface area contributed by atoms with E-state index >= 15 is 0 Å². The SMILES string of the molecule is O=C(NCC#Cc1ccccc1C(F)(F)F)OCc1ccccc1. The van der Waals surface area contributed by atoms with Gasteiger partial charge in [-0.3, -0.25) is 0 Å². The molecule has 6 heteroatoms. The maximum atomic E-state index is 12.8. The molecule has 0 bridgehead atoms. The molecule has 124 valence electrons. The number of benzene rings is 2. The first-order chi connectivity index (χ1) is 11.5. The van der Waals surface area contributed by atoms with Gasteiger partial charge in [0.2, 0.25) is 0 Å². The third-order valence-electron chi connectivity index (χ3n) is 2.99. The number of hydrogen-bond acceptors (Lipinski definition) is 2. The van der Waals surface area contributed by atoms with Crippen LogP contribution in [0.2, 0.25) is 0 Å². The van der Waals surface area contributed by atoms with Crippen molar-refractivity contribution < 1.29 is 22.7 Å². The first-order valence-corrected chi connectivity index (χ1v) is 7.06. The number of halogens is 3. The molecular weight excluding hydrogens is 319 g/mol. The van der Waals surface area contributed by atoms with E-state index in [9.17, 15) is 18.0 Å². The fraction of sp³-hybridized carbons (Fsp3) is 0.167. The topological polar surface area (TPSA) is 38.3 Å². The number of alkyl carbamates (subject to hydrolysis) is 1. The second-order valence-electron chi connectivity index (χ2n) is 4.76. The Morgan fingerprint density at radius 3 is 2.42 bits per heavy atom. The summed E-state index contributed by atoms with van der Waals surface area (Å²) in [6.07, 6.45) is -5.15. The van der Waals surface area contributed by atoms with E-state index in [4.69, 9.17) is 4.74 Å². The Morgan fingerprint density at radius 2 is 1.71 bits per heavy atom. The molecule has 1 N–H and O–H groups in total. The molecule has 3 nitrogen and oxygen atoms in total. The molecule has 2 aromatic carbocycles. The number of ether oxygens (including phenoxy) is 1. The van der Waals surface area contributed by atoms with Crippen molar-refractivity contribution in [2.75, 3.05) is 6.54 Å². The summed E-state index contributed by atoms with van der Waals surface area (Å²) in [5.74, 6) is 4.89.